The Kier molecular flexibility index (Phi) is 4.04. The highest BCUT2D eigenvalue weighted by molar-refractivity contribution is 9.09. The number of rotatable bonds is 3. The van der Waals surface area contributed by atoms with E-state index >= 15 is 0 Å². The summed E-state index contributed by atoms with van der Waals surface area (Å²) in [5, 5.41) is 1.13. The van der Waals surface area contributed by atoms with Gasteiger partial charge in [-0.1, -0.05) is 15.9 Å². The summed E-state index contributed by atoms with van der Waals surface area (Å²) in [7, 11) is 1.64. The molecule has 0 atom stereocenters. The van der Waals surface area contributed by atoms with Crippen LogP contribution in [0.1, 0.15) is 12.8 Å². The summed E-state index contributed by atoms with van der Waals surface area (Å²) in [6.07, 6.45) is 4.42. The molecule has 1 saturated heterocycles. The average molecular weight is 285 g/mol. The van der Waals surface area contributed by atoms with Gasteiger partial charge in [0.05, 0.1) is 19.0 Å². The zero-order valence-electron chi connectivity index (χ0n) is 9.53. The lowest BCUT2D eigenvalue weighted by Crippen LogP contribution is -2.34. The van der Waals surface area contributed by atoms with Gasteiger partial charge in [0.25, 0.3) is 0 Å². The highest BCUT2D eigenvalue weighted by atomic mass is 79.9. The van der Waals surface area contributed by atoms with Crippen molar-refractivity contribution >= 4 is 21.6 Å². The van der Waals surface area contributed by atoms with Gasteiger partial charge in [0.1, 0.15) is 0 Å². The molecule has 1 fully saturated rings. The summed E-state index contributed by atoms with van der Waals surface area (Å²) in [6, 6.07) is 4.01. The summed E-state index contributed by atoms with van der Waals surface area (Å²) in [6.45, 7) is 2.26. The molecule has 3 nitrogen and oxygen atoms in total. The van der Waals surface area contributed by atoms with Gasteiger partial charge in [-0.05, 0) is 24.8 Å². The van der Waals surface area contributed by atoms with Crippen LogP contribution in [0.3, 0.4) is 0 Å². The number of pyridine rings is 1. The van der Waals surface area contributed by atoms with Crippen molar-refractivity contribution in [3.63, 3.8) is 0 Å². The summed E-state index contributed by atoms with van der Waals surface area (Å²) < 4.78 is 5.06. The third-order valence-corrected chi connectivity index (χ3v) is 4.04. The third-order valence-electron chi connectivity index (χ3n) is 3.13. The van der Waals surface area contributed by atoms with Crippen molar-refractivity contribution in [1.82, 2.24) is 4.98 Å². The lowest BCUT2D eigenvalue weighted by atomic mass is 9.99. The number of nitrogens with zero attached hydrogens (tertiary/aromatic N) is 2. The molecule has 0 spiro atoms. The van der Waals surface area contributed by atoms with Crippen LogP contribution in [0.25, 0.3) is 0 Å². The molecular formula is C12H17BrN2O. The van der Waals surface area contributed by atoms with Crippen LogP contribution < -0.4 is 9.64 Å². The van der Waals surface area contributed by atoms with Gasteiger partial charge in [0.2, 0.25) is 5.88 Å². The lowest BCUT2D eigenvalue weighted by Gasteiger charge is -2.32. The van der Waals surface area contributed by atoms with Crippen LogP contribution in [0.4, 0.5) is 5.69 Å². The van der Waals surface area contributed by atoms with Gasteiger partial charge in [-0.25, -0.2) is 4.98 Å². The van der Waals surface area contributed by atoms with Crippen LogP contribution in [0.2, 0.25) is 0 Å². The molecule has 0 aromatic carbocycles. The van der Waals surface area contributed by atoms with Gasteiger partial charge in [0.15, 0.2) is 0 Å². The Morgan fingerprint density at radius 2 is 2.19 bits per heavy atom. The SMILES string of the molecule is COc1ccc(N2CCC(CBr)CC2)cn1. The number of hydrogen-bond acceptors (Lipinski definition) is 3. The number of halogens is 1. The van der Waals surface area contributed by atoms with Crippen molar-refractivity contribution in [2.24, 2.45) is 5.92 Å². The summed E-state index contributed by atoms with van der Waals surface area (Å²) in [4.78, 5) is 6.63. The number of hydrogen-bond donors (Lipinski definition) is 0. The molecule has 2 rings (SSSR count). The molecule has 16 heavy (non-hydrogen) atoms. The smallest absolute Gasteiger partial charge is 0.213 e. The first kappa shape index (κ1) is 11.7. The Labute approximate surface area is 105 Å². The fourth-order valence-electron chi connectivity index (χ4n) is 2.03. The third kappa shape index (κ3) is 2.67. The van der Waals surface area contributed by atoms with Crippen molar-refractivity contribution < 1.29 is 4.74 Å². The highest BCUT2D eigenvalue weighted by Crippen LogP contribution is 2.24. The van der Waals surface area contributed by atoms with Crippen molar-refractivity contribution in [1.29, 1.82) is 0 Å². The van der Waals surface area contributed by atoms with Crippen LogP contribution in [0, 0.1) is 5.92 Å². The first-order valence-corrected chi connectivity index (χ1v) is 6.76. The molecule has 2 heterocycles. The number of alkyl halides is 1. The molecule has 0 unspecified atom stereocenters. The maximum Gasteiger partial charge on any atom is 0.213 e. The Morgan fingerprint density at radius 3 is 2.69 bits per heavy atom. The van der Waals surface area contributed by atoms with Crippen LogP contribution in [-0.4, -0.2) is 30.5 Å². The predicted molar refractivity (Wildman–Crippen MR) is 69.5 cm³/mol. The minimum Gasteiger partial charge on any atom is -0.481 e. The quantitative estimate of drug-likeness (QED) is 0.798. The zero-order valence-corrected chi connectivity index (χ0v) is 11.1. The maximum absolute atomic E-state index is 5.06. The Hall–Kier alpha value is -0.770. The molecule has 0 saturated carbocycles. The lowest BCUT2D eigenvalue weighted by molar-refractivity contribution is 0.397. The number of anilines is 1. The van der Waals surface area contributed by atoms with Gasteiger partial charge in [-0.15, -0.1) is 0 Å². The number of piperidine rings is 1. The van der Waals surface area contributed by atoms with E-state index in [1.54, 1.807) is 7.11 Å². The molecule has 1 aromatic rings. The number of methoxy groups -OCH3 is 1. The van der Waals surface area contributed by atoms with E-state index < -0.39 is 0 Å². The van der Waals surface area contributed by atoms with Crippen molar-refractivity contribution in [2.75, 3.05) is 30.4 Å². The molecule has 0 aliphatic carbocycles. The van der Waals surface area contributed by atoms with Gasteiger partial charge < -0.3 is 9.64 Å². The first-order chi connectivity index (χ1) is 7.83. The first-order valence-electron chi connectivity index (χ1n) is 5.64. The Bertz CT molecular complexity index is 320. The summed E-state index contributed by atoms with van der Waals surface area (Å²) in [5.74, 6) is 1.52. The van der Waals surface area contributed by atoms with Gasteiger partial charge in [-0.3, -0.25) is 0 Å². The molecular weight excluding hydrogens is 268 g/mol. The van der Waals surface area contributed by atoms with E-state index in [0.717, 1.165) is 24.3 Å². The van der Waals surface area contributed by atoms with Crippen molar-refractivity contribution in [2.45, 2.75) is 12.8 Å². The van der Waals surface area contributed by atoms with Crippen molar-refractivity contribution in [3.05, 3.63) is 18.3 Å². The van der Waals surface area contributed by atoms with Gasteiger partial charge in [-0.2, -0.15) is 0 Å². The second-order valence-corrected chi connectivity index (χ2v) is 4.79. The van der Waals surface area contributed by atoms with Crippen LogP contribution in [-0.2, 0) is 0 Å². The van der Waals surface area contributed by atoms with E-state index in [1.807, 2.05) is 12.3 Å². The Balaban J connectivity index is 1.97. The largest absolute Gasteiger partial charge is 0.481 e. The molecule has 1 aliphatic rings. The molecule has 88 valence electrons. The minimum absolute atomic E-state index is 0.680. The number of ether oxygens (including phenoxy) is 1. The molecule has 0 radical (unpaired) electrons. The standard InChI is InChI=1S/C12H17BrN2O/c1-16-12-3-2-11(9-14-12)15-6-4-10(8-13)5-7-15/h2-3,9-10H,4-8H2,1H3. The molecule has 0 bridgehead atoms. The van der Waals surface area contributed by atoms with E-state index in [2.05, 4.69) is 31.9 Å². The van der Waals surface area contributed by atoms with Crippen LogP contribution >= 0.6 is 15.9 Å². The van der Waals surface area contributed by atoms with E-state index in [1.165, 1.54) is 18.5 Å². The second kappa shape index (κ2) is 5.53. The summed E-state index contributed by atoms with van der Waals surface area (Å²) >= 11 is 3.56. The van der Waals surface area contributed by atoms with Crippen molar-refractivity contribution in [3.8, 4) is 5.88 Å². The molecule has 0 amide bonds. The fourth-order valence-corrected chi connectivity index (χ4v) is 2.67. The number of aromatic nitrogens is 1. The zero-order chi connectivity index (χ0) is 11.4. The topological polar surface area (TPSA) is 25.4 Å². The van der Waals surface area contributed by atoms with E-state index in [0.29, 0.717) is 5.88 Å². The molecule has 0 N–H and O–H groups in total. The van der Waals surface area contributed by atoms with E-state index in [4.69, 9.17) is 4.74 Å². The average Bonchev–Trinajstić information content (AvgIpc) is 2.39. The van der Waals surface area contributed by atoms with Crippen LogP contribution in [0.15, 0.2) is 18.3 Å². The van der Waals surface area contributed by atoms with Gasteiger partial charge in [0, 0.05) is 24.5 Å². The fraction of sp³-hybridized carbons (Fsp3) is 0.583. The van der Waals surface area contributed by atoms with E-state index in [9.17, 15) is 0 Å². The monoisotopic (exact) mass is 284 g/mol. The molecule has 4 heteroatoms. The predicted octanol–water partition coefficient (Wildman–Crippen LogP) is 2.70. The highest BCUT2D eigenvalue weighted by Gasteiger charge is 2.18. The summed E-state index contributed by atoms with van der Waals surface area (Å²) in [5.41, 5.74) is 1.20. The normalized spacial score (nSPS) is 17.5. The second-order valence-electron chi connectivity index (χ2n) is 4.14. The van der Waals surface area contributed by atoms with E-state index in [-0.39, 0.29) is 0 Å². The molecule has 1 aromatic heterocycles. The van der Waals surface area contributed by atoms with Crippen LogP contribution in [0.5, 0.6) is 5.88 Å². The molecule has 1 aliphatic heterocycles. The maximum atomic E-state index is 5.06. The van der Waals surface area contributed by atoms with Gasteiger partial charge >= 0.3 is 0 Å². The Morgan fingerprint density at radius 1 is 1.44 bits per heavy atom. The minimum atomic E-state index is 0.680.